The molecule has 1 aromatic carbocycles. The maximum atomic E-state index is 12.2. The van der Waals surface area contributed by atoms with Gasteiger partial charge in [0.1, 0.15) is 0 Å². The summed E-state index contributed by atoms with van der Waals surface area (Å²) in [4.78, 5) is 35.8. The predicted octanol–water partition coefficient (Wildman–Crippen LogP) is 1.38. The van der Waals surface area contributed by atoms with E-state index in [0.29, 0.717) is 17.5 Å². The van der Waals surface area contributed by atoms with Crippen LogP contribution < -0.4 is 5.73 Å². The number of amides is 4. The van der Waals surface area contributed by atoms with Gasteiger partial charge in [0, 0.05) is 6.54 Å². The number of benzene rings is 1. The molecule has 0 bridgehead atoms. The highest BCUT2D eigenvalue weighted by Crippen LogP contribution is 2.24. The van der Waals surface area contributed by atoms with Crippen LogP contribution in [0.2, 0.25) is 0 Å². The average molecular weight is 261 g/mol. The van der Waals surface area contributed by atoms with Gasteiger partial charge in [0.25, 0.3) is 11.8 Å². The summed E-state index contributed by atoms with van der Waals surface area (Å²) in [5, 5.41) is 1.84. The normalized spacial score (nSPS) is 13.6. The Morgan fingerprint density at radius 1 is 1.21 bits per heavy atom. The summed E-state index contributed by atoms with van der Waals surface area (Å²) < 4.78 is 0. The van der Waals surface area contributed by atoms with Crippen molar-refractivity contribution < 1.29 is 14.4 Å². The zero-order valence-electron chi connectivity index (χ0n) is 10.6. The fraction of sp³-hybridized carbons (Fsp3) is 0.308. The Labute approximate surface area is 110 Å². The van der Waals surface area contributed by atoms with Crippen molar-refractivity contribution in [1.82, 2.24) is 10.0 Å². The number of nitrogens with zero attached hydrogens (tertiary/aromatic N) is 2. The van der Waals surface area contributed by atoms with E-state index in [0.717, 1.165) is 16.4 Å². The fourth-order valence-electron chi connectivity index (χ4n) is 2.01. The van der Waals surface area contributed by atoms with Crippen molar-refractivity contribution in [3.05, 3.63) is 35.4 Å². The highest BCUT2D eigenvalue weighted by Gasteiger charge is 2.40. The average Bonchev–Trinajstić information content (AvgIpc) is 2.64. The first-order valence-electron chi connectivity index (χ1n) is 6.12. The first-order chi connectivity index (χ1) is 9.07. The number of imide groups is 1. The molecule has 6 nitrogen and oxygen atoms in total. The number of primary amides is 1. The predicted molar refractivity (Wildman–Crippen MR) is 68.1 cm³/mol. The van der Waals surface area contributed by atoms with Crippen LogP contribution in [0.25, 0.3) is 0 Å². The third-order valence-corrected chi connectivity index (χ3v) is 2.99. The highest BCUT2D eigenvalue weighted by atomic mass is 16.2. The molecule has 1 heterocycles. The lowest BCUT2D eigenvalue weighted by Crippen LogP contribution is -2.52. The lowest BCUT2D eigenvalue weighted by molar-refractivity contribution is 0.0193. The van der Waals surface area contributed by atoms with Crippen LogP contribution in [0.4, 0.5) is 4.79 Å². The van der Waals surface area contributed by atoms with Gasteiger partial charge in [0.2, 0.25) is 0 Å². The molecule has 2 N–H and O–H groups in total. The van der Waals surface area contributed by atoms with Crippen molar-refractivity contribution in [2.24, 2.45) is 5.73 Å². The van der Waals surface area contributed by atoms with Crippen molar-refractivity contribution in [1.29, 1.82) is 0 Å². The second kappa shape index (κ2) is 5.09. The molecule has 1 aromatic rings. The van der Waals surface area contributed by atoms with E-state index in [-0.39, 0.29) is 6.54 Å². The van der Waals surface area contributed by atoms with Gasteiger partial charge in [-0.2, -0.15) is 5.01 Å². The van der Waals surface area contributed by atoms with Crippen LogP contribution in [-0.4, -0.2) is 34.4 Å². The first-order valence-corrected chi connectivity index (χ1v) is 6.12. The summed E-state index contributed by atoms with van der Waals surface area (Å²) >= 11 is 0. The topological polar surface area (TPSA) is 83.7 Å². The molecule has 0 fully saturated rings. The Balaban J connectivity index is 2.33. The quantitative estimate of drug-likeness (QED) is 0.831. The molecule has 6 heteroatoms. The highest BCUT2D eigenvalue weighted by molar-refractivity contribution is 6.21. The number of hydrogen-bond acceptors (Lipinski definition) is 3. The second-order valence-electron chi connectivity index (χ2n) is 4.28. The van der Waals surface area contributed by atoms with E-state index < -0.39 is 17.8 Å². The fourth-order valence-corrected chi connectivity index (χ4v) is 2.01. The number of nitrogens with two attached hydrogens (primary N) is 1. The van der Waals surface area contributed by atoms with Crippen molar-refractivity contribution in [3.63, 3.8) is 0 Å². The van der Waals surface area contributed by atoms with Gasteiger partial charge >= 0.3 is 6.03 Å². The maximum absolute atomic E-state index is 12.2. The minimum absolute atomic E-state index is 0.247. The van der Waals surface area contributed by atoms with Crippen molar-refractivity contribution >= 4 is 17.8 Å². The van der Waals surface area contributed by atoms with Gasteiger partial charge in [0.05, 0.1) is 11.1 Å². The molecular weight excluding hydrogens is 246 g/mol. The summed E-state index contributed by atoms with van der Waals surface area (Å²) in [7, 11) is 0. The number of rotatable bonds is 4. The third kappa shape index (κ3) is 2.16. The summed E-state index contributed by atoms with van der Waals surface area (Å²) in [6, 6.07) is 5.67. The van der Waals surface area contributed by atoms with Crippen LogP contribution in [0.3, 0.4) is 0 Å². The summed E-state index contributed by atoms with van der Waals surface area (Å²) in [5.41, 5.74) is 5.86. The molecule has 2 rings (SSSR count). The van der Waals surface area contributed by atoms with E-state index in [9.17, 15) is 14.4 Å². The molecule has 0 atom stereocenters. The maximum Gasteiger partial charge on any atom is 0.334 e. The number of carbonyl (C=O) groups is 3. The number of carbonyl (C=O) groups excluding carboxylic acids is 3. The number of unbranched alkanes of at least 4 members (excludes halogenated alkanes) is 1. The summed E-state index contributed by atoms with van der Waals surface area (Å²) in [6.45, 7) is 2.19. The van der Waals surface area contributed by atoms with Gasteiger partial charge in [-0.15, -0.1) is 0 Å². The lowest BCUT2D eigenvalue weighted by atomic mass is 10.1. The number of urea groups is 1. The molecular formula is C13H15N3O3. The van der Waals surface area contributed by atoms with Crippen LogP contribution >= 0.6 is 0 Å². The van der Waals surface area contributed by atoms with Crippen molar-refractivity contribution in [2.75, 3.05) is 6.54 Å². The molecule has 4 amide bonds. The molecule has 0 unspecified atom stereocenters. The van der Waals surface area contributed by atoms with Crippen LogP contribution in [-0.2, 0) is 0 Å². The Morgan fingerprint density at radius 2 is 1.74 bits per heavy atom. The van der Waals surface area contributed by atoms with Crippen LogP contribution in [0.1, 0.15) is 40.5 Å². The van der Waals surface area contributed by atoms with Gasteiger partial charge in [-0.05, 0) is 18.6 Å². The minimum atomic E-state index is -0.803. The number of hydrazine groups is 1. The second-order valence-corrected chi connectivity index (χ2v) is 4.28. The standard InChI is InChI=1S/C13H15N3O3/c1-2-3-8-15(13(14)19)16-11(17)9-6-4-5-7-10(9)12(16)18/h4-7H,2-3,8H2,1H3,(H2,14,19). The molecule has 0 aliphatic carbocycles. The van der Waals surface area contributed by atoms with E-state index in [1.165, 1.54) is 0 Å². The Morgan fingerprint density at radius 3 is 2.16 bits per heavy atom. The van der Waals surface area contributed by atoms with Gasteiger partial charge in [-0.1, -0.05) is 25.5 Å². The molecule has 19 heavy (non-hydrogen) atoms. The van der Waals surface area contributed by atoms with E-state index in [1.54, 1.807) is 24.3 Å². The van der Waals surface area contributed by atoms with E-state index in [2.05, 4.69) is 0 Å². The first kappa shape index (κ1) is 13.1. The summed E-state index contributed by atoms with van der Waals surface area (Å²) in [5.74, 6) is -1.01. The zero-order valence-corrected chi connectivity index (χ0v) is 10.6. The summed E-state index contributed by atoms with van der Waals surface area (Å²) in [6.07, 6.45) is 1.49. The Hall–Kier alpha value is -2.37. The molecule has 0 saturated carbocycles. The van der Waals surface area contributed by atoms with Crippen molar-refractivity contribution in [3.8, 4) is 0 Å². The Bertz CT molecular complexity index is 507. The third-order valence-electron chi connectivity index (χ3n) is 2.99. The van der Waals surface area contributed by atoms with Gasteiger partial charge in [-0.3, -0.25) is 9.59 Å². The number of hydrogen-bond donors (Lipinski definition) is 1. The van der Waals surface area contributed by atoms with Gasteiger partial charge < -0.3 is 5.73 Å². The monoisotopic (exact) mass is 261 g/mol. The molecule has 0 radical (unpaired) electrons. The van der Waals surface area contributed by atoms with Crippen LogP contribution in [0.15, 0.2) is 24.3 Å². The SMILES string of the molecule is CCCCN(C(N)=O)N1C(=O)c2ccccc2C1=O. The largest absolute Gasteiger partial charge is 0.350 e. The lowest BCUT2D eigenvalue weighted by Gasteiger charge is -2.27. The van der Waals surface area contributed by atoms with E-state index in [4.69, 9.17) is 5.73 Å². The zero-order chi connectivity index (χ0) is 14.0. The molecule has 100 valence electrons. The molecule has 0 spiro atoms. The van der Waals surface area contributed by atoms with Gasteiger partial charge in [-0.25, -0.2) is 9.80 Å². The van der Waals surface area contributed by atoms with E-state index in [1.807, 2.05) is 6.92 Å². The number of fused-ring (bicyclic) bond motifs is 1. The van der Waals surface area contributed by atoms with Crippen LogP contribution in [0.5, 0.6) is 0 Å². The van der Waals surface area contributed by atoms with Crippen LogP contribution in [0, 0.1) is 0 Å². The molecule has 0 aromatic heterocycles. The molecule has 1 aliphatic heterocycles. The smallest absolute Gasteiger partial charge is 0.334 e. The van der Waals surface area contributed by atoms with E-state index >= 15 is 0 Å². The molecule has 1 aliphatic rings. The molecule has 0 saturated heterocycles. The Kier molecular flexibility index (Phi) is 3.50. The minimum Gasteiger partial charge on any atom is -0.350 e. The van der Waals surface area contributed by atoms with Gasteiger partial charge in [0.15, 0.2) is 0 Å². The van der Waals surface area contributed by atoms with Crippen molar-refractivity contribution in [2.45, 2.75) is 19.8 Å².